The number of nitrogens with zero attached hydrogens (tertiary/aromatic N) is 1. The molecule has 0 saturated heterocycles. The van der Waals surface area contributed by atoms with Crippen LogP contribution in [0.1, 0.15) is 21.5 Å². The minimum Gasteiger partial charge on any atom is -0.496 e. The lowest BCUT2D eigenvalue weighted by atomic mass is 10.1. The molecule has 0 N–H and O–H groups in total. The van der Waals surface area contributed by atoms with Crippen LogP contribution in [0.15, 0.2) is 53.2 Å². The number of methoxy groups -OCH3 is 2. The van der Waals surface area contributed by atoms with Crippen LogP contribution in [0.2, 0.25) is 5.02 Å². The van der Waals surface area contributed by atoms with E-state index in [1.165, 1.54) is 14.2 Å². The van der Waals surface area contributed by atoms with Gasteiger partial charge in [-0.05, 0) is 42.0 Å². The van der Waals surface area contributed by atoms with E-state index in [9.17, 15) is 9.59 Å². The zero-order valence-electron chi connectivity index (χ0n) is 14.0. The number of hydrogen-bond acceptors (Lipinski definition) is 6. The van der Waals surface area contributed by atoms with Crippen molar-refractivity contribution >= 4 is 35.5 Å². The van der Waals surface area contributed by atoms with Crippen LogP contribution in [-0.2, 0) is 14.3 Å². The molecule has 0 atom stereocenters. The molecule has 0 fully saturated rings. The molecule has 0 bridgehead atoms. The number of carbonyl (C=O) groups is 2. The topological polar surface area (TPSA) is 74.2 Å². The summed E-state index contributed by atoms with van der Waals surface area (Å²) in [5.74, 6) is -0.409. The van der Waals surface area contributed by atoms with Crippen molar-refractivity contribution in [1.29, 1.82) is 0 Å². The monoisotopic (exact) mass is 371 g/mol. The molecular weight excluding hydrogens is 358 g/mol. The van der Waals surface area contributed by atoms with Crippen molar-refractivity contribution in [1.82, 2.24) is 0 Å². The molecule has 0 radical (unpaired) electrons. The number of esters is 2. The lowest BCUT2D eigenvalue weighted by Gasteiger charge is -2.07. The molecule has 0 spiro atoms. The van der Waals surface area contributed by atoms with Crippen LogP contribution in [0.4, 0.5) is 0 Å². The zero-order chi connectivity index (χ0) is 18.7. The Labute approximate surface area is 154 Å². The first kappa shape index (κ1) is 17.7. The predicted octanol–water partition coefficient (Wildman–Crippen LogP) is 3.48. The average molecular weight is 372 g/mol. The first-order valence-electron chi connectivity index (χ1n) is 7.56. The van der Waals surface area contributed by atoms with Gasteiger partial charge in [0, 0.05) is 5.02 Å². The van der Waals surface area contributed by atoms with E-state index in [-0.39, 0.29) is 11.6 Å². The van der Waals surface area contributed by atoms with Crippen LogP contribution in [0.3, 0.4) is 0 Å². The maximum Gasteiger partial charge on any atom is 0.363 e. The van der Waals surface area contributed by atoms with Gasteiger partial charge in [-0.3, -0.25) is 0 Å². The van der Waals surface area contributed by atoms with Crippen molar-refractivity contribution in [3.63, 3.8) is 0 Å². The fourth-order valence-corrected chi connectivity index (χ4v) is 2.53. The van der Waals surface area contributed by atoms with Crippen LogP contribution in [0, 0.1) is 0 Å². The Morgan fingerprint density at radius 2 is 1.88 bits per heavy atom. The molecule has 2 aromatic carbocycles. The van der Waals surface area contributed by atoms with Gasteiger partial charge >= 0.3 is 11.9 Å². The summed E-state index contributed by atoms with van der Waals surface area (Å²) in [4.78, 5) is 27.8. The zero-order valence-corrected chi connectivity index (χ0v) is 14.7. The lowest BCUT2D eigenvalue weighted by molar-refractivity contribution is -0.129. The second kappa shape index (κ2) is 7.41. The molecule has 1 aliphatic rings. The van der Waals surface area contributed by atoms with Gasteiger partial charge in [-0.2, -0.15) is 0 Å². The fraction of sp³-hybridized carbons (Fsp3) is 0.105. The summed E-state index contributed by atoms with van der Waals surface area (Å²) in [6.45, 7) is 0. The van der Waals surface area contributed by atoms with E-state index in [4.69, 9.17) is 21.1 Å². The van der Waals surface area contributed by atoms with Gasteiger partial charge in [-0.25, -0.2) is 14.6 Å². The molecule has 0 unspecified atom stereocenters. The van der Waals surface area contributed by atoms with Crippen molar-refractivity contribution in [3.05, 3.63) is 69.9 Å². The van der Waals surface area contributed by atoms with Crippen LogP contribution in [0.5, 0.6) is 5.75 Å². The van der Waals surface area contributed by atoms with Gasteiger partial charge in [0.05, 0.1) is 25.3 Å². The first-order valence-corrected chi connectivity index (χ1v) is 7.94. The molecular formula is C19H14ClNO5. The Morgan fingerprint density at radius 1 is 1.15 bits per heavy atom. The van der Waals surface area contributed by atoms with E-state index in [2.05, 4.69) is 9.73 Å². The largest absolute Gasteiger partial charge is 0.496 e. The molecule has 7 heteroatoms. The second-order valence-corrected chi connectivity index (χ2v) is 5.73. The Balaban J connectivity index is 1.92. The highest BCUT2D eigenvalue weighted by Gasteiger charge is 2.26. The lowest BCUT2D eigenvalue weighted by Crippen LogP contribution is -2.07. The highest BCUT2D eigenvalue weighted by atomic mass is 35.5. The molecule has 0 saturated carbocycles. The number of halogens is 1. The number of benzene rings is 2. The molecule has 3 rings (SSSR count). The first-order chi connectivity index (χ1) is 12.5. The number of ether oxygens (including phenoxy) is 3. The SMILES string of the molecule is COC(=O)c1ccc(C=C2N=C(c3cc(Cl)ccc3OC)OC2=O)cc1. The highest BCUT2D eigenvalue weighted by molar-refractivity contribution is 6.31. The second-order valence-electron chi connectivity index (χ2n) is 5.29. The van der Waals surface area contributed by atoms with Crippen molar-refractivity contribution < 1.29 is 23.8 Å². The van der Waals surface area contributed by atoms with Crippen molar-refractivity contribution in [3.8, 4) is 5.75 Å². The summed E-state index contributed by atoms with van der Waals surface area (Å²) in [6, 6.07) is 11.5. The molecule has 0 aromatic heterocycles. The minimum atomic E-state index is -0.584. The van der Waals surface area contributed by atoms with E-state index in [0.717, 1.165) is 0 Å². The maximum atomic E-state index is 12.1. The third kappa shape index (κ3) is 3.60. The molecule has 1 heterocycles. The predicted molar refractivity (Wildman–Crippen MR) is 96.4 cm³/mol. The molecule has 132 valence electrons. The van der Waals surface area contributed by atoms with Crippen LogP contribution in [0.25, 0.3) is 6.08 Å². The third-order valence-electron chi connectivity index (χ3n) is 3.65. The number of cyclic esters (lactones) is 1. The summed E-state index contributed by atoms with van der Waals surface area (Å²) in [5, 5.41) is 0.468. The highest BCUT2D eigenvalue weighted by Crippen LogP contribution is 2.27. The van der Waals surface area contributed by atoms with E-state index < -0.39 is 11.9 Å². The van der Waals surface area contributed by atoms with E-state index >= 15 is 0 Å². The maximum absolute atomic E-state index is 12.1. The Morgan fingerprint density at radius 3 is 2.54 bits per heavy atom. The van der Waals surface area contributed by atoms with Crippen molar-refractivity contribution in [2.24, 2.45) is 4.99 Å². The number of rotatable bonds is 4. The van der Waals surface area contributed by atoms with Gasteiger partial charge < -0.3 is 14.2 Å². The van der Waals surface area contributed by atoms with Crippen LogP contribution >= 0.6 is 11.6 Å². The van der Waals surface area contributed by atoms with Gasteiger partial charge in [0.1, 0.15) is 5.75 Å². The van der Waals surface area contributed by atoms with Crippen molar-refractivity contribution in [2.75, 3.05) is 14.2 Å². The van der Waals surface area contributed by atoms with Gasteiger partial charge in [0.25, 0.3) is 0 Å². The fourth-order valence-electron chi connectivity index (χ4n) is 2.36. The number of hydrogen-bond donors (Lipinski definition) is 0. The Bertz CT molecular complexity index is 931. The standard InChI is InChI=1S/C19H14ClNO5/c1-24-16-8-7-13(20)10-14(16)17-21-15(19(23)26-17)9-11-3-5-12(6-4-11)18(22)25-2/h3-10H,1-2H3. The molecule has 26 heavy (non-hydrogen) atoms. The van der Waals surface area contributed by atoms with Crippen molar-refractivity contribution in [2.45, 2.75) is 0 Å². The summed E-state index contributed by atoms with van der Waals surface area (Å²) in [7, 11) is 2.82. The van der Waals surface area contributed by atoms with E-state index in [1.807, 2.05) is 0 Å². The summed E-state index contributed by atoms with van der Waals surface area (Å²) in [5.41, 5.74) is 1.72. The minimum absolute atomic E-state index is 0.117. The van der Waals surface area contributed by atoms with E-state index in [1.54, 1.807) is 48.5 Å². The number of aliphatic imine (C=N–C) groups is 1. The van der Waals surface area contributed by atoms with Gasteiger partial charge in [-0.1, -0.05) is 23.7 Å². The summed E-state index contributed by atoms with van der Waals surface area (Å²) < 4.78 is 15.1. The summed E-state index contributed by atoms with van der Waals surface area (Å²) in [6.07, 6.45) is 1.56. The molecule has 0 aliphatic carbocycles. The third-order valence-corrected chi connectivity index (χ3v) is 3.88. The Kier molecular flexibility index (Phi) is 5.04. The van der Waals surface area contributed by atoms with Gasteiger partial charge in [-0.15, -0.1) is 0 Å². The molecule has 0 amide bonds. The van der Waals surface area contributed by atoms with E-state index in [0.29, 0.717) is 27.5 Å². The Hall–Kier alpha value is -3.12. The molecule has 6 nitrogen and oxygen atoms in total. The molecule has 2 aromatic rings. The average Bonchev–Trinajstić information content (AvgIpc) is 3.02. The number of carbonyl (C=O) groups excluding carboxylic acids is 2. The van der Waals surface area contributed by atoms with Gasteiger partial charge in [0.2, 0.25) is 5.90 Å². The van der Waals surface area contributed by atoms with Gasteiger partial charge in [0.15, 0.2) is 5.70 Å². The molecule has 1 aliphatic heterocycles. The van der Waals surface area contributed by atoms with Crippen LogP contribution in [-0.4, -0.2) is 32.1 Å². The smallest absolute Gasteiger partial charge is 0.363 e. The normalized spacial score (nSPS) is 14.8. The quantitative estimate of drug-likeness (QED) is 0.607. The summed E-state index contributed by atoms with van der Waals surface area (Å²) >= 11 is 6.00. The van der Waals surface area contributed by atoms with Crippen LogP contribution < -0.4 is 4.74 Å².